The predicted octanol–water partition coefficient (Wildman–Crippen LogP) is 3.42. The second-order valence-electron chi connectivity index (χ2n) is 5.81. The predicted molar refractivity (Wildman–Crippen MR) is 100 cm³/mol. The van der Waals surface area contributed by atoms with Gasteiger partial charge in [0.2, 0.25) is 0 Å². The zero-order chi connectivity index (χ0) is 18.5. The van der Waals surface area contributed by atoms with Crippen LogP contribution in [0.15, 0.2) is 54.6 Å². The van der Waals surface area contributed by atoms with E-state index in [0.717, 1.165) is 22.6 Å². The average Bonchev–Trinajstić information content (AvgIpc) is 2.94. The van der Waals surface area contributed by atoms with Crippen LogP contribution in [-0.4, -0.2) is 29.4 Å². The van der Waals surface area contributed by atoms with Crippen LogP contribution in [0.3, 0.4) is 0 Å². The van der Waals surface area contributed by atoms with Crippen molar-refractivity contribution in [3.63, 3.8) is 0 Å². The van der Waals surface area contributed by atoms with Crippen LogP contribution >= 0.6 is 0 Å². The van der Waals surface area contributed by atoms with E-state index in [1.807, 2.05) is 61.5 Å². The molecule has 0 bridgehead atoms. The summed E-state index contributed by atoms with van der Waals surface area (Å²) in [6.45, 7) is 1.84. The number of hydrogen-bond acceptors (Lipinski definition) is 4. The fourth-order valence-corrected chi connectivity index (χ4v) is 2.74. The van der Waals surface area contributed by atoms with Gasteiger partial charge in [0, 0.05) is 12.6 Å². The molecule has 2 aromatic carbocycles. The lowest BCUT2D eigenvalue weighted by molar-refractivity contribution is -0.118. The Kier molecular flexibility index (Phi) is 5.22. The van der Waals surface area contributed by atoms with Crippen molar-refractivity contribution in [3.8, 4) is 22.6 Å². The van der Waals surface area contributed by atoms with Gasteiger partial charge in [-0.15, -0.1) is 0 Å². The number of amides is 1. The van der Waals surface area contributed by atoms with E-state index in [0.29, 0.717) is 11.6 Å². The molecule has 0 fully saturated rings. The highest BCUT2D eigenvalue weighted by Crippen LogP contribution is 2.32. The van der Waals surface area contributed by atoms with Crippen LogP contribution in [0.25, 0.3) is 11.1 Å². The number of carbonyl (C=O) groups is 1. The number of rotatable bonds is 6. The third kappa shape index (κ3) is 3.85. The van der Waals surface area contributed by atoms with Crippen LogP contribution in [0.1, 0.15) is 5.69 Å². The fourth-order valence-electron chi connectivity index (χ4n) is 2.74. The van der Waals surface area contributed by atoms with E-state index in [1.54, 1.807) is 18.8 Å². The molecule has 0 saturated heterocycles. The third-order valence-corrected chi connectivity index (χ3v) is 3.97. The summed E-state index contributed by atoms with van der Waals surface area (Å²) in [7, 11) is 3.43. The Bertz CT molecular complexity index is 887. The van der Waals surface area contributed by atoms with Gasteiger partial charge < -0.3 is 14.8 Å². The summed E-state index contributed by atoms with van der Waals surface area (Å²) in [6, 6.07) is 16.9. The molecule has 0 unspecified atom stereocenters. The summed E-state index contributed by atoms with van der Waals surface area (Å²) in [5.41, 5.74) is 2.66. The lowest BCUT2D eigenvalue weighted by atomic mass is 10.1. The van der Waals surface area contributed by atoms with Crippen LogP contribution in [0, 0.1) is 6.92 Å². The minimum atomic E-state index is -0.244. The van der Waals surface area contributed by atoms with Gasteiger partial charge in [-0.05, 0) is 36.8 Å². The number of methoxy groups -OCH3 is 1. The van der Waals surface area contributed by atoms with E-state index >= 15 is 0 Å². The number of aromatic nitrogens is 2. The van der Waals surface area contributed by atoms with Crippen LogP contribution in [0.2, 0.25) is 0 Å². The van der Waals surface area contributed by atoms with Gasteiger partial charge in [-0.3, -0.25) is 9.48 Å². The Morgan fingerprint density at radius 3 is 2.42 bits per heavy atom. The van der Waals surface area contributed by atoms with E-state index in [9.17, 15) is 4.79 Å². The maximum absolute atomic E-state index is 12.3. The van der Waals surface area contributed by atoms with Gasteiger partial charge in [0.1, 0.15) is 17.3 Å². The van der Waals surface area contributed by atoms with Crippen LogP contribution in [0.4, 0.5) is 5.82 Å². The van der Waals surface area contributed by atoms with Gasteiger partial charge in [-0.2, -0.15) is 5.10 Å². The van der Waals surface area contributed by atoms with Gasteiger partial charge in [0.15, 0.2) is 6.61 Å². The Morgan fingerprint density at radius 1 is 1.08 bits per heavy atom. The first kappa shape index (κ1) is 17.5. The molecule has 0 aliphatic rings. The molecule has 0 aliphatic heterocycles. The Hall–Kier alpha value is -3.28. The number of aryl methyl sites for hydroxylation is 2. The molecular weight excluding hydrogens is 330 g/mol. The number of nitrogens with one attached hydrogen (secondary N) is 1. The van der Waals surface area contributed by atoms with Gasteiger partial charge >= 0.3 is 0 Å². The molecule has 1 N–H and O–H groups in total. The molecule has 6 heteroatoms. The summed E-state index contributed by atoms with van der Waals surface area (Å²) in [4.78, 5) is 12.3. The molecule has 134 valence electrons. The molecule has 3 rings (SSSR count). The van der Waals surface area contributed by atoms with E-state index in [-0.39, 0.29) is 12.5 Å². The number of para-hydroxylation sites is 1. The molecule has 0 atom stereocenters. The van der Waals surface area contributed by atoms with Crippen molar-refractivity contribution in [1.82, 2.24) is 9.78 Å². The lowest BCUT2D eigenvalue weighted by Gasteiger charge is -2.10. The maximum atomic E-state index is 12.3. The largest absolute Gasteiger partial charge is 0.497 e. The molecule has 1 heterocycles. The van der Waals surface area contributed by atoms with Crippen molar-refractivity contribution in [2.45, 2.75) is 6.92 Å². The van der Waals surface area contributed by atoms with E-state index < -0.39 is 0 Å². The van der Waals surface area contributed by atoms with Gasteiger partial charge in [-0.1, -0.05) is 30.3 Å². The monoisotopic (exact) mass is 351 g/mol. The van der Waals surface area contributed by atoms with Crippen LogP contribution in [0.5, 0.6) is 11.5 Å². The summed E-state index contributed by atoms with van der Waals surface area (Å²) >= 11 is 0. The van der Waals surface area contributed by atoms with Crippen LogP contribution < -0.4 is 14.8 Å². The number of benzene rings is 2. The van der Waals surface area contributed by atoms with Crippen LogP contribution in [-0.2, 0) is 11.8 Å². The highest BCUT2D eigenvalue weighted by Gasteiger charge is 2.17. The highest BCUT2D eigenvalue weighted by atomic mass is 16.5. The van der Waals surface area contributed by atoms with E-state index in [1.165, 1.54) is 0 Å². The minimum Gasteiger partial charge on any atom is -0.497 e. The molecule has 0 spiro atoms. The number of nitrogens with zero attached hydrogens (tertiary/aromatic N) is 2. The molecule has 6 nitrogen and oxygen atoms in total. The maximum Gasteiger partial charge on any atom is 0.263 e. The molecule has 0 saturated carbocycles. The van der Waals surface area contributed by atoms with Crippen molar-refractivity contribution in [2.75, 3.05) is 19.0 Å². The molecular formula is C20H21N3O3. The summed E-state index contributed by atoms with van der Waals surface area (Å²) in [6.07, 6.45) is 0. The first-order valence-corrected chi connectivity index (χ1v) is 8.24. The Morgan fingerprint density at radius 2 is 1.77 bits per heavy atom. The molecule has 26 heavy (non-hydrogen) atoms. The van der Waals surface area contributed by atoms with Gasteiger partial charge in [0.05, 0.1) is 12.8 Å². The van der Waals surface area contributed by atoms with Crippen molar-refractivity contribution in [2.24, 2.45) is 7.05 Å². The second kappa shape index (κ2) is 7.74. The minimum absolute atomic E-state index is 0.0731. The second-order valence-corrected chi connectivity index (χ2v) is 5.81. The molecule has 0 aliphatic carbocycles. The topological polar surface area (TPSA) is 65.4 Å². The van der Waals surface area contributed by atoms with Crippen molar-refractivity contribution in [3.05, 3.63) is 60.3 Å². The number of anilines is 1. The smallest absolute Gasteiger partial charge is 0.263 e. The van der Waals surface area contributed by atoms with Crippen molar-refractivity contribution < 1.29 is 14.3 Å². The number of carbonyl (C=O) groups excluding carboxylic acids is 1. The van der Waals surface area contributed by atoms with Gasteiger partial charge in [0.25, 0.3) is 5.91 Å². The van der Waals surface area contributed by atoms with E-state index in [2.05, 4.69) is 10.4 Å². The molecule has 0 radical (unpaired) electrons. The molecule has 1 aromatic heterocycles. The van der Waals surface area contributed by atoms with Gasteiger partial charge in [-0.25, -0.2) is 0 Å². The standard InChI is InChI=1S/C20H21N3O3/c1-14-19(15-9-11-16(25-3)12-10-15)20(23(2)22-14)21-18(24)13-26-17-7-5-4-6-8-17/h4-12H,13H2,1-3H3,(H,21,24). The number of ether oxygens (including phenoxy) is 2. The summed E-state index contributed by atoms with van der Waals surface area (Å²) in [5, 5.41) is 7.33. The molecule has 1 amide bonds. The third-order valence-electron chi connectivity index (χ3n) is 3.97. The summed E-state index contributed by atoms with van der Waals surface area (Å²) < 4.78 is 12.4. The fraction of sp³-hybridized carbons (Fsp3) is 0.200. The Labute approximate surface area is 152 Å². The highest BCUT2D eigenvalue weighted by molar-refractivity contribution is 5.95. The number of hydrogen-bond donors (Lipinski definition) is 1. The quantitative estimate of drug-likeness (QED) is 0.739. The molecule has 3 aromatic rings. The zero-order valence-corrected chi connectivity index (χ0v) is 15.0. The van der Waals surface area contributed by atoms with Crippen molar-refractivity contribution in [1.29, 1.82) is 0 Å². The Balaban J connectivity index is 1.78. The SMILES string of the molecule is COc1ccc(-c2c(C)nn(C)c2NC(=O)COc2ccccc2)cc1. The van der Waals surface area contributed by atoms with E-state index in [4.69, 9.17) is 9.47 Å². The average molecular weight is 351 g/mol. The summed E-state index contributed by atoms with van der Waals surface area (Å²) in [5.74, 6) is 1.82. The zero-order valence-electron chi connectivity index (χ0n) is 15.0. The van der Waals surface area contributed by atoms with Crippen molar-refractivity contribution >= 4 is 11.7 Å². The first-order chi connectivity index (χ1) is 12.6. The normalized spacial score (nSPS) is 10.4. The first-order valence-electron chi connectivity index (χ1n) is 8.24. The lowest BCUT2D eigenvalue weighted by Crippen LogP contribution is -2.22.